The summed E-state index contributed by atoms with van der Waals surface area (Å²) in [5.41, 5.74) is 6.63. The molecule has 26 heavy (non-hydrogen) atoms. The van der Waals surface area contributed by atoms with Crippen LogP contribution in [0.4, 0.5) is 22.7 Å². The van der Waals surface area contributed by atoms with Crippen LogP contribution < -0.4 is 15.8 Å². The third kappa shape index (κ3) is 3.39. The molecular formula is C18H20N4O4. The highest BCUT2D eigenvalue weighted by atomic mass is 16.6. The summed E-state index contributed by atoms with van der Waals surface area (Å²) in [5, 5.41) is 14.5. The zero-order valence-electron chi connectivity index (χ0n) is 14.4. The first-order chi connectivity index (χ1) is 12.5. The number of benzene rings is 2. The largest absolute Gasteiger partial charge is 0.497 e. The molecule has 8 nitrogen and oxygen atoms in total. The van der Waals surface area contributed by atoms with E-state index < -0.39 is 4.92 Å². The zero-order valence-corrected chi connectivity index (χ0v) is 14.4. The number of nitrogens with one attached hydrogen (secondary N) is 1. The first-order valence-electron chi connectivity index (χ1n) is 8.28. The summed E-state index contributed by atoms with van der Waals surface area (Å²) in [6, 6.07) is 10.0. The minimum Gasteiger partial charge on any atom is -0.497 e. The van der Waals surface area contributed by atoms with Crippen molar-refractivity contribution in [1.29, 1.82) is 0 Å². The van der Waals surface area contributed by atoms with Gasteiger partial charge in [-0.3, -0.25) is 14.9 Å². The van der Waals surface area contributed by atoms with Crippen molar-refractivity contribution in [3.8, 4) is 5.75 Å². The smallest absolute Gasteiger partial charge is 0.316 e. The van der Waals surface area contributed by atoms with E-state index in [-0.39, 0.29) is 28.5 Å². The molecule has 1 fully saturated rings. The van der Waals surface area contributed by atoms with Crippen molar-refractivity contribution in [2.24, 2.45) is 0 Å². The van der Waals surface area contributed by atoms with Crippen molar-refractivity contribution in [2.45, 2.75) is 12.8 Å². The first kappa shape index (κ1) is 17.5. The van der Waals surface area contributed by atoms with Crippen molar-refractivity contribution in [3.63, 3.8) is 0 Å². The number of nitro benzene ring substituents is 1. The molecule has 0 aliphatic carbocycles. The van der Waals surface area contributed by atoms with Gasteiger partial charge < -0.3 is 20.7 Å². The SMILES string of the molecule is COc1ccc(Nc2ccc(C(=O)N3CCCC3)c(N)c2[N+](=O)[O-])cc1. The van der Waals surface area contributed by atoms with Gasteiger partial charge in [0, 0.05) is 18.8 Å². The molecule has 0 spiro atoms. The molecule has 3 rings (SSSR count). The highest BCUT2D eigenvalue weighted by Gasteiger charge is 2.28. The molecule has 1 heterocycles. The molecule has 0 unspecified atom stereocenters. The summed E-state index contributed by atoms with van der Waals surface area (Å²) in [6.45, 7) is 1.30. The van der Waals surface area contributed by atoms with Crippen LogP contribution in [0.5, 0.6) is 5.75 Å². The second-order valence-corrected chi connectivity index (χ2v) is 6.03. The van der Waals surface area contributed by atoms with Crippen LogP contribution in [-0.2, 0) is 0 Å². The molecular weight excluding hydrogens is 336 g/mol. The number of nitrogens with two attached hydrogens (primary N) is 1. The van der Waals surface area contributed by atoms with E-state index in [9.17, 15) is 14.9 Å². The summed E-state index contributed by atoms with van der Waals surface area (Å²) in [7, 11) is 1.56. The van der Waals surface area contributed by atoms with Crippen LogP contribution in [-0.4, -0.2) is 35.9 Å². The topological polar surface area (TPSA) is 111 Å². The van der Waals surface area contributed by atoms with Gasteiger partial charge >= 0.3 is 5.69 Å². The lowest BCUT2D eigenvalue weighted by atomic mass is 10.1. The molecule has 8 heteroatoms. The number of nitro groups is 1. The summed E-state index contributed by atoms with van der Waals surface area (Å²) < 4.78 is 5.09. The van der Waals surface area contributed by atoms with Gasteiger partial charge in [0.25, 0.3) is 5.91 Å². The zero-order chi connectivity index (χ0) is 18.7. The maximum atomic E-state index is 12.6. The van der Waals surface area contributed by atoms with Gasteiger partial charge in [-0.05, 0) is 49.2 Å². The molecule has 1 amide bonds. The highest BCUT2D eigenvalue weighted by Crippen LogP contribution is 2.36. The summed E-state index contributed by atoms with van der Waals surface area (Å²) in [4.78, 5) is 25.2. The molecule has 0 atom stereocenters. The molecule has 2 aromatic rings. The average molecular weight is 356 g/mol. The van der Waals surface area contributed by atoms with Crippen LogP contribution in [0.15, 0.2) is 36.4 Å². The number of likely N-dealkylation sites (tertiary alicyclic amines) is 1. The first-order valence-corrected chi connectivity index (χ1v) is 8.28. The quantitative estimate of drug-likeness (QED) is 0.484. The number of nitrogens with zero attached hydrogens (tertiary/aromatic N) is 2. The molecule has 2 aromatic carbocycles. The Balaban J connectivity index is 1.94. The van der Waals surface area contributed by atoms with E-state index in [1.54, 1.807) is 36.3 Å². The Hall–Kier alpha value is -3.29. The van der Waals surface area contributed by atoms with Crippen LogP contribution in [0.1, 0.15) is 23.2 Å². The number of nitrogen functional groups attached to an aromatic ring is 1. The van der Waals surface area contributed by atoms with Crippen LogP contribution in [0.3, 0.4) is 0 Å². The maximum Gasteiger partial charge on any atom is 0.316 e. The number of hydrogen-bond donors (Lipinski definition) is 2. The molecule has 0 bridgehead atoms. The normalized spacial score (nSPS) is 13.5. The molecule has 1 aliphatic heterocycles. The molecule has 136 valence electrons. The second kappa shape index (κ2) is 7.30. The molecule has 1 aliphatic rings. The van der Waals surface area contributed by atoms with Crippen molar-refractivity contribution in [1.82, 2.24) is 4.90 Å². The van der Waals surface area contributed by atoms with Gasteiger partial charge in [-0.15, -0.1) is 0 Å². The van der Waals surface area contributed by atoms with Gasteiger partial charge in [0.2, 0.25) is 0 Å². The van der Waals surface area contributed by atoms with Gasteiger partial charge in [-0.2, -0.15) is 0 Å². The van der Waals surface area contributed by atoms with E-state index in [4.69, 9.17) is 10.5 Å². The van der Waals surface area contributed by atoms with Crippen molar-refractivity contribution in [3.05, 3.63) is 52.1 Å². The van der Waals surface area contributed by atoms with Crippen molar-refractivity contribution in [2.75, 3.05) is 31.2 Å². The van der Waals surface area contributed by atoms with E-state index >= 15 is 0 Å². The third-order valence-electron chi connectivity index (χ3n) is 4.39. The molecule has 0 radical (unpaired) electrons. The lowest BCUT2D eigenvalue weighted by Gasteiger charge is -2.17. The van der Waals surface area contributed by atoms with Crippen LogP contribution in [0.2, 0.25) is 0 Å². The second-order valence-electron chi connectivity index (χ2n) is 6.03. The Kier molecular flexibility index (Phi) is 4.92. The monoisotopic (exact) mass is 356 g/mol. The number of anilines is 3. The van der Waals surface area contributed by atoms with Crippen molar-refractivity contribution < 1.29 is 14.5 Å². The Morgan fingerprint density at radius 3 is 2.42 bits per heavy atom. The maximum absolute atomic E-state index is 12.6. The van der Waals surface area contributed by atoms with Gasteiger partial charge in [-0.1, -0.05) is 0 Å². The summed E-state index contributed by atoms with van der Waals surface area (Å²) >= 11 is 0. The van der Waals surface area contributed by atoms with Gasteiger partial charge in [-0.25, -0.2) is 0 Å². The number of ether oxygens (including phenoxy) is 1. The predicted octanol–water partition coefficient (Wildman–Crippen LogP) is 3.17. The van der Waals surface area contributed by atoms with Crippen LogP contribution >= 0.6 is 0 Å². The van der Waals surface area contributed by atoms with Crippen LogP contribution in [0.25, 0.3) is 0 Å². The predicted molar refractivity (Wildman–Crippen MR) is 98.9 cm³/mol. The molecule has 3 N–H and O–H groups in total. The van der Waals surface area contributed by atoms with Gasteiger partial charge in [0.05, 0.1) is 17.6 Å². The molecule has 0 aromatic heterocycles. The standard InChI is InChI=1S/C18H20N4O4/c1-26-13-6-4-12(5-7-13)20-15-9-8-14(16(19)17(15)22(24)25)18(23)21-10-2-3-11-21/h4-9,20H,2-3,10-11,19H2,1H3. The summed E-state index contributed by atoms with van der Waals surface area (Å²) in [6.07, 6.45) is 1.87. The van der Waals surface area contributed by atoms with E-state index in [2.05, 4.69) is 5.32 Å². The summed E-state index contributed by atoms with van der Waals surface area (Å²) in [5.74, 6) is 0.412. The van der Waals surface area contributed by atoms with Gasteiger partial charge in [0.15, 0.2) is 0 Å². The highest BCUT2D eigenvalue weighted by molar-refractivity contribution is 6.03. The van der Waals surface area contributed by atoms with E-state index in [0.29, 0.717) is 24.5 Å². The van der Waals surface area contributed by atoms with E-state index in [1.165, 1.54) is 12.1 Å². The number of rotatable bonds is 5. The van der Waals surface area contributed by atoms with E-state index in [0.717, 1.165) is 12.8 Å². The Labute approximate surface area is 150 Å². The number of hydrogen-bond acceptors (Lipinski definition) is 6. The number of methoxy groups -OCH3 is 1. The van der Waals surface area contributed by atoms with E-state index in [1.807, 2.05) is 0 Å². The van der Waals surface area contributed by atoms with Gasteiger partial charge in [0.1, 0.15) is 17.1 Å². The average Bonchev–Trinajstić information content (AvgIpc) is 3.16. The lowest BCUT2D eigenvalue weighted by Crippen LogP contribution is -2.28. The fourth-order valence-electron chi connectivity index (χ4n) is 3.01. The Morgan fingerprint density at radius 1 is 1.19 bits per heavy atom. The minimum atomic E-state index is -0.568. The Morgan fingerprint density at radius 2 is 1.85 bits per heavy atom. The van der Waals surface area contributed by atoms with Crippen LogP contribution in [0, 0.1) is 10.1 Å². The van der Waals surface area contributed by atoms with Crippen molar-refractivity contribution >= 4 is 28.7 Å². The number of amides is 1. The molecule has 0 saturated carbocycles. The fourth-order valence-corrected chi connectivity index (χ4v) is 3.01. The minimum absolute atomic E-state index is 0.120. The lowest BCUT2D eigenvalue weighted by molar-refractivity contribution is -0.383. The number of carbonyl (C=O) groups is 1. The Bertz CT molecular complexity index is 830. The number of carbonyl (C=O) groups excluding carboxylic acids is 1. The molecule has 1 saturated heterocycles. The third-order valence-corrected chi connectivity index (χ3v) is 4.39. The fraction of sp³-hybridized carbons (Fsp3) is 0.278.